The lowest BCUT2D eigenvalue weighted by Crippen LogP contribution is -2.02. The maximum atomic E-state index is 6.28. The highest BCUT2D eigenvalue weighted by Crippen LogP contribution is 2.25. The summed E-state index contributed by atoms with van der Waals surface area (Å²) in [5.41, 5.74) is 2.68. The summed E-state index contributed by atoms with van der Waals surface area (Å²) in [5.74, 6) is 1.78. The Bertz CT molecular complexity index is 1230. The zero-order chi connectivity index (χ0) is 25.7. The summed E-state index contributed by atoms with van der Waals surface area (Å²) in [6.07, 6.45) is 12.1. The normalized spacial score (nSPS) is 11.8. The first kappa shape index (κ1) is 27.3. The average molecular weight is 572 g/mol. The maximum absolute atomic E-state index is 6.28. The number of rotatable bonds is 13. The molecule has 0 aliphatic heterocycles. The summed E-state index contributed by atoms with van der Waals surface area (Å²) >= 11 is 24.3. The Hall–Kier alpha value is -1.74. The van der Waals surface area contributed by atoms with Crippen molar-refractivity contribution in [3.63, 3.8) is 0 Å². The fourth-order valence-electron chi connectivity index (χ4n) is 4.66. The second-order valence-corrected chi connectivity index (χ2v) is 10.5. The third kappa shape index (κ3) is 6.57. The lowest BCUT2D eigenvalue weighted by atomic mass is 10.1. The molecule has 0 saturated heterocycles. The van der Waals surface area contributed by atoms with Crippen LogP contribution in [0, 0.1) is 13.8 Å². The second-order valence-electron chi connectivity index (χ2n) is 9.07. The summed E-state index contributed by atoms with van der Waals surface area (Å²) < 4.78 is 4.19. The monoisotopic (exact) mass is 570 g/mol. The van der Waals surface area contributed by atoms with Crippen molar-refractivity contribution < 1.29 is 0 Å². The van der Waals surface area contributed by atoms with Gasteiger partial charge in [0.2, 0.25) is 10.6 Å². The lowest BCUT2D eigenvalue weighted by molar-refractivity contribution is 0.522. The van der Waals surface area contributed by atoms with Crippen molar-refractivity contribution in [3.8, 4) is 0 Å². The average Bonchev–Trinajstić information content (AvgIpc) is 3.29. The van der Waals surface area contributed by atoms with Crippen molar-refractivity contribution in [1.82, 2.24) is 39.0 Å². The van der Waals surface area contributed by atoms with E-state index in [2.05, 4.69) is 39.0 Å². The van der Waals surface area contributed by atoms with Gasteiger partial charge < -0.3 is 9.13 Å². The van der Waals surface area contributed by atoms with Crippen molar-refractivity contribution in [2.45, 2.75) is 91.1 Å². The molecule has 0 radical (unpaired) electrons. The van der Waals surface area contributed by atoms with E-state index >= 15 is 0 Å². The van der Waals surface area contributed by atoms with Gasteiger partial charge in [-0.2, -0.15) is 9.97 Å². The summed E-state index contributed by atoms with van der Waals surface area (Å²) in [5, 5.41) is 0.985. The molecule has 0 fully saturated rings. The van der Waals surface area contributed by atoms with Crippen LogP contribution >= 0.6 is 46.4 Å². The molecule has 0 bridgehead atoms. The van der Waals surface area contributed by atoms with Crippen molar-refractivity contribution in [3.05, 3.63) is 32.5 Å². The molecule has 0 spiro atoms. The number of fused-ring (bicyclic) bond motifs is 2. The first-order valence-corrected chi connectivity index (χ1v) is 14.0. The topological polar surface area (TPSA) is 87.2 Å². The Morgan fingerprint density at radius 1 is 0.472 bits per heavy atom. The minimum absolute atomic E-state index is 0.129. The zero-order valence-corrected chi connectivity index (χ0v) is 23.6. The van der Waals surface area contributed by atoms with Crippen LogP contribution in [0.3, 0.4) is 0 Å². The number of hydrogen-bond acceptors (Lipinski definition) is 6. The molecule has 4 rings (SSSR count). The molecule has 0 atom stereocenters. The first-order chi connectivity index (χ1) is 17.3. The fraction of sp³-hybridized carbons (Fsp3) is 0.583. The molecule has 8 nitrogen and oxygen atoms in total. The predicted molar refractivity (Wildman–Crippen MR) is 146 cm³/mol. The molecule has 4 aromatic heterocycles. The zero-order valence-electron chi connectivity index (χ0n) is 20.6. The van der Waals surface area contributed by atoms with E-state index in [1.807, 2.05) is 13.8 Å². The Kier molecular flexibility index (Phi) is 9.61. The van der Waals surface area contributed by atoms with Crippen LogP contribution in [0.1, 0.15) is 75.9 Å². The van der Waals surface area contributed by atoms with E-state index in [1.165, 1.54) is 51.4 Å². The van der Waals surface area contributed by atoms with Crippen LogP contribution < -0.4 is 0 Å². The van der Waals surface area contributed by atoms with Gasteiger partial charge in [0.15, 0.2) is 21.6 Å². The van der Waals surface area contributed by atoms with Crippen LogP contribution in [0.15, 0.2) is 0 Å². The van der Waals surface area contributed by atoms with E-state index in [0.717, 1.165) is 48.6 Å². The smallest absolute Gasteiger partial charge is 0.225 e. The van der Waals surface area contributed by atoms with E-state index in [0.29, 0.717) is 21.6 Å². The Morgan fingerprint density at radius 2 is 0.806 bits per heavy atom. The lowest BCUT2D eigenvalue weighted by Gasteiger charge is -2.08. The quantitative estimate of drug-likeness (QED) is 0.0923. The van der Waals surface area contributed by atoms with Crippen LogP contribution in [-0.2, 0) is 13.1 Å². The molecule has 4 aromatic rings. The van der Waals surface area contributed by atoms with Gasteiger partial charge in [0.1, 0.15) is 22.7 Å². The van der Waals surface area contributed by atoms with Gasteiger partial charge in [-0.1, -0.05) is 74.6 Å². The maximum Gasteiger partial charge on any atom is 0.225 e. The van der Waals surface area contributed by atoms with E-state index in [9.17, 15) is 0 Å². The number of aromatic nitrogens is 8. The summed E-state index contributed by atoms with van der Waals surface area (Å²) in [6, 6.07) is 0. The highest BCUT2D eigenvalue weighted by molar-refractivity contribution is 6.35. The van der Waals surface area contributed by atoms with Crippen LogP contribution in [0.2, 0.25) is 20.9 Å². The van der Waals surface area contributed by atoms with Crippen molar-refractivity contribution in [2.75, 3.05) is 0 Å². The van der Waals surface area contributed by atoms with E-state index in [1.54, 1.807) is 0 Å². The summed E-state index contributed by atoms with van der Waals surface area (Å²) in [4.78, 5) is 25.4. The minimum Gasteiger partial charge on any atom is -0.324 e. The van der Waals surface area contributed by atoms with Crippen LogP contribution in [0.25, 0.3) is 22.3 Å². The Balaban J connectivity index is 1.07. The van der Waals surface area contributed by atoms with E-state index in [-0.39, 0.29) is 10.6 Å². The SMILES string of the molecule is Cc1nc2nc(Cl)nc(Cl)c2n1CCCCCCCCCCCCn1c(C)nc2nc(Cl)nc(Cl)c21. The summed E-state index contributed by atoms with van der Waals surface area (Å²) in [6.45, 7) is 5.65. The van der Waals surface area contributed by atoms with Crippen molar-refractivity contribution in [2.24, 2.45) is 0 Å². The molecular weight excluding hydrogens is 542 g/mol. The number of halogens is 4. The molecule has 4 heterocycles. The highest BCUT2D eigenvalue weighted by atomic mass is 35.5. The molecule has 12 heteroatoms. The van der Waals surface area contributed by atoms with Gasteiger partial charge in [-0.3, -0.25) is 0 Å². The molecule has 0 amide bonds. The third-order valence-corrected chi connectivity index (χ3v) is 7.33. The Morgan fingerprint density at radius 3 is 1.17 bits per heavy atom. The van der Waals surface area contributed by atoms with E-state index < -0.39 is 0 Å². The predicted octanol–water partition coefficient (Wildman–Crippen LogP) is 7.80. The standard InChI is InChI=1S/C24H30Cl4N8/c1-15-29-21-17(19(25)31-23(27)33-21)35(15)13-11-9-7-5-3-4-6-8-10-12-14-36-16(2)30-22-18(36)20(26)32-24(28)34-22/h3-14H2,1-2H3. The van der Waals surface area contributed by atoms with Gasteiger partial charge in [-0.15, -0.1) is 0 Å². The second kappa shape index (κ2) is 12.7. The van der Waals surface area contributed by atoms with E-state index in [4.69, 9.17) is 46.4 Å². The number of hydrogen-bond donors (Lipinski definition) is 0. The minimum atomic E-state index is 0.129. The molecule has 0 N–H and O–H groups in total. The van der Waals surface area contributed by atoms with Crippen molar-refractivity contribution in [1.29, 1.82) is 0 Å². The number of unbranched alkanes of at least 4 members (excludes halogenated alkanes) is 9. The molecule has 0 unspecified atom stereocenters. The first-order valence-electron chi connectivity index (χ1n) is 12.5. The van der Waals surface area contributed by atoms with Crippen LogP contribution in [0.5, 0.6) is 0 Å². The number of aryl methyl sites for hydroxylation is 4. The molecule has 0 aliphatic rings. The van der Waals surface area contributed by atoms with Gasteiger partial charge in [0, 0.05) is 13.1 Å². The fourth-order valence-corrected chi connectivity index (χ4v) is 5.60. The molecular formula is C24H30Cl4N8. The summed E-state index contributed by atoms with van der Waals surface area (Å²) in [7, 11) is 0. The molecule has 0 saturated carbocycles. The van der Waals surface area contributed by atoms with Crippen LogP contribution in [-0.4, -0.2) is 39.0 Å². The largest absolute Gasteiger partial charge is 0.324 e. The van der Waals surface area contributed by atoms with Gasteiger partial charge in [0.25, 0.3) is 0 Å². The Labute approximate surface area is 230 Å². The van der Waals surface area contributed by atoms with Gasteiger partial charge in [-0.05, 0) is 49.9 Å². The van der Waals surface area contributed by atoms with Crippen LogP contribution in [0.4, 0.5) is 0 Å². The van der Waals surface area contributed by atoms with Gasteiger partial charge in [0.05, 0.1) is 0 Å². The molecule has 194 valence electrons. The highest BCUT2D eigenvalue weighted by Gasteiger charge is 2.15. The van der Waals surface area contributed by atoms with Gasteiger partial charge >= 0.3 is 0 Å². The number of imidazole rings is 2. The third-order valence-electron chi connectivity index (χ3n) is 6.46. The molecule has 36 heavy (non-hydrogen) atoms. The molecule has 0 aliphatic carbocycles. The van der Waals surface area contributed by atoms with Crippen molar-refractivity contribution >= 4 is 68.7 Å². The van der Waals surface area contributed by atoms with Gasteiger partial charge in [-0.25, -0.2) is 19.9 Å². The molecule has 0 aromatic carbocycles. The number of nitrogens with zero attached hydrogens (tertiary/aromatic N) is 8.